The summed E-state index contributed by atoms with van der Waals surface area (Å²) in [5, 5.41) is 0. The fourth-order valence-corrected chi connectivity index (χ4v) is 1.85. The molecule has 3 nitrogen and oxygen atoms in total. The molecule has 15 heavy (non-hydrogen) atoms. The van der Waals surface area contributed by atoms with Gasteiger partial charge in [-0.2, -0.15) is 0 Å². The smallest absolute Gasteiger partial charge is 0.306 e. The van der Waals surface area contributed by atoms with Gasteiger partial charge in [0.1, 0.15) is 11.4 Å². The van der Waals surface area contributed by atoms with Gasteiger partial charge < -0.3 is 4.74 Å². The Hall–Kier alpha value is -0.860. The number of rotatable bonds is 3. The van der Waals surface area contributed by atoms with E-state index in [0.717, 1.165) is 12.8 Å². The number of carbonyl (C=O) groups is 2. The lowest BCUT2D eigenvalue weighted by atomic mass is 10.0. The lowest BCUT2D eigenvalue weighted by Crippen LogP contribution is -2.24. The highest BCUT2D eigenvalue weighted by atomic mass is 16.6. The van der Waals surface area contributed by atoms with Crippen molar-refractivity contribution in [2.75, 3.05) is 0 Å². The third-order valence-electron chi connectivity index (χ3n) is 2.52. The molecular formula is C12H20O3. The maximum absolute atomic E-state index is 11.4. The van der Waals surface area contributed by atoms with E-state index in [-0.39, 0.29) is 5.97 Å². The zero-order valence-electron chi connectivity index (χ0n) is 9.84. The van der Waals surface area contributed by atoms with Crippen molar-refractivity contribution in [3.05, 3.63) is 0 Å². The van der Waals surface area contributed by atoms with Gasteiger partial charge in [0.2, 0.25) is 0 Å². The van der Waals surface area contributed by atoms with Crippen molar-refractivity contribution in [2.45, 2.75) is 58.5 Å². The monoisotopic (exact) mass is 212 g/mol. The molecule has 3 heteroatoms. The van der Waals surface area contributed by atoms with Crippen LogP contribution in [0.2, 0.25) is 0 Å². The molecule has 1 saturated carbocycles. The van der Waals surface area contributed by atoms with Crippen molar-refractivity contribution in [1.82, 2.24) is 0 Å². The minimum Gasteiger partial charge on any atom is -0.460 e. The molecule has 0 bridgehead atoms. The Morgan fingerprint density at radius 2 is 2.13 bits per heavy atom. The number of ketones is 1. The second-order valence-corrected chi connectivity index (χ2v) is 5.27. The normalized spacial score (nSPS) is 21.8. The number of carbonyl (C=O) groups excluding carboxylic acids is 2. The fraction of sp³-hybridized carbons (Fsp3) is 0.833. The van der Waals surface area contributed by atoms with Crippen molar-refractivity contribution < 1.29 is 14.3 Å². The number of hydrogen-bond acceptors (Lipinski definition) is 3. The van der Waals surface area contributed by atoms with Gasteiger partial charge in [-0.05, 0) is 39.5 Å². The highest BCUT2D eigenvalue weighted by Crippen LogP contribution is 2.26. The minimum absolute atomic E-state index is 0.151. The fourth-order valence-electron chi connectivity index (χ4n) is 1.85. The van der Waals surface area contributed by atoms with E-state index in [4.69, 9.17) is 4.74 Å². The Bertz CT molecular complexity index is 250. The lowest BCUT2D eigenvalue weighted by molar-refractivity contribution is -0.155. The Kier molecular flexibility index (Phi) is 3.89. The third-order valence-corrected chi connectivity index (χ3v) is 2.52. The first kappa shape index (κ1) is 12.2. The summed E-state index contributed by atoms with van der Waals surface area (Å²) in [6.07, 6.45) is 3.53. The van der Waals surface area contributed by atoms with E-state index in [2.05, 4.69) is 0 Å². The summed E-state index contributed by atoms with van der Waals surface area (Å²) >= 11 is 0. The van der Waals surface area contributed by atoms with Crippen LogP contribution in [0.15, 0.2) is 0 Å². The maximum Gasteiger partial charge on any atom is 0.306 e. The van der Waals surface area contributed by atoms with E-state index < -0.39 is 5.60 Å². The van der Waals surface area contributed by atoms with Gasteiger partial charge in [-0.15, -0.1) is 0 Å². The van der Waals surface area contributed by atoms with Crippen molar-refractivity contribution >= 4 is 11.8 Å². The molecule has 1 aliphatic rings. The zero-order chi connectivity index (χ0) is 11.5. The van der Waals surface area contributed by atoms with Crippen LogP contribution in [0.25, 0.3) is 0 Å². The number of Topliss-reactive ketones (excluding diaryl/α,β-unsaturated/α-hetero) is 1. The molecule has 1 unspecified atom stereocenters. The van der Waals surface area contributed by atoms with E-state index in [9.17, 15) is 9.59 Å². The highest BCUT2D eigenvalue weighted by molar-refractivity contribution is 5.80. The largest absolute Gasteiger partial charge is 0.460 e. The average Bonchev–Trinajstić information content (AvgIpc) is 2.45. The van der Waals surface area contributed by atoms with E-state index in [1.807, 2.05) is 20.8 Å². The van der Waals surface area contributed by atoms with Crippen LogP contribution in [-0.2, 0) is 14.3 Å². The Balaban J connectivity index is 2.20. The van der Waals surface area contributed by atoms with Crippen molar-refractivity contribution in [1.29, 1.82) is 0 Å². The summed E-state index contributed by atoms with van der Waals surface area (Å²) in [5.74, 6) is 0.594. The molecule has 0 radical (unpaired) electrons. The first-order valence-corrected chi connectivity index (χ1v) is 5.60. The molecule has 1 aliphatic carbocycles. The van der Waals surface area contributed by atoms with Crippen LogP contribution in [0, 0.1) is 5.92 Å². The van der Waals surface area contributed by atoms with Gasteiger partial charge in [-0.25, -0.2) is 0 Å². The molecule has 1 fully saturated rings. The quantitative estimate of drug-likeness (QED) is 0.675. The van der Waals surface area contributed by atoms with Gasteiger partial charge >= 0.3 is 5.97 Å². The van der Waals surface area contributed by atoms with Crippen molar-refractivity contribution in [3.63, 3.8) is 0 Å². The Labute approximate surface area is 91.2 Å². The number of esters is 1. The average molecular weight is 212 g/mol. The predicted octanol–water partition coefficient (Wildman–Crippen LogP) is 2.48. The van der Waals surface area contributed by atoms with Gasteiger partial charge in [0.25, 0.3) is 0 Å². The molecule has 0 amide bonds. The molecule has 86 valence electrons. The molecule has 0 aromatic rings. The molecular weight excluding hydrogens is 192 g/mol. The van der Waals surface area contributed by atoms with Gasteiger partial charge in [-0.3, -0.25) is 9.59 Å². The SMILES string of the molecule is CC(C)(C)OC(=O)CCC1CCC(=O)C1. The topological polar surface area (TPSA) is 43.4 Å². The van der Waals surface area contributed by atoms with Crippen LogP contribution in [0.3, 0.4) is 0 Å². The van der Waals surface area contributed by atoms with Crippen LogP contribution in [0.1, 0.15) is 52.9 Å². The van der Waals surface area contributed by atoms with Crippen molar-refractivity contribution in [3.8, 4) is 0 Å². The molecule has 0 saturated heterocycles. The molecule has 0 aromatic carbocycles. The zero-order valence-corrected chi connectivity index (χ0v) is 9.84. The molecule has 0 aliphatic heterocycles. The first-order chi connectivity index (χ1) is 6.87. The summed E-state index contributed by atoms with van der Waals surface area (Å²) in [6, 6.07) is 0. The maximum atomic E-state index is 11.4. The Morgan fingerprint density at radius 3 is 2.60 bits per heavy atom. The summed E-state index contributed by atoms with van der Waals surface area (Å²) < 4.78 is 5.20. The predicted molar refractivity (Wildman–Crippen MR) is 57.4 cm³/mol. The molecule has 1 rings (SSSR count). The first-order valence-electron chi connectivity index (χ1n) is 5.60. The number of hydrogen-bond donors (Lipinski definition) is 0. The van der Waals surface area contributed by atoms with Gasteiger partial charge in [0, 0.05) is 19.3 Å². The van der Waals surface area contributed by atoms with Crippen LogP contribution in [0.5, 0.6) is 0 Å². The summed E-state index contributed by atoms with van der Waals surface area (Å²) in [7, 11) is 0. The second kappa shape index (κ2) is 4.77. The van der Waals surface area contributed by atoms with Crippen LogP contribution >= 0.6 is 0 Å². The minimum atomic E-state index is -0.400. The number of ether oxygens (including phenoxy) is 1. The van der Waals surface area contributed by atoms with Gasteiger partial charge in [-0.1, -0.05) is 0 Å². The van der Waals surface area contributed by atoms with E-state index in [1.165, 1.54) is 0 Å². The van der Waals surface area contributed by atoms with E-state index in [0.29, 0.717) is 31.0 Å². The Morgan fingerprint density at radius 1 is 1.47 bits per heavy atom. The van der Waals surface area contributed by atoms with Crippen LogP contribution < -0.4 is 0 Å². The third kappa shape index (κ3) is 4.96. The van der Waals surface area contributed by atoms with Gasteiger partial charge in [0.05, 0.1) is 0 Å². The van der Waals surface area contributed by atoms with Crippen LogP contribution in [0.4, 0.5) is 0 Å². The summed E-state index contributed by atoms with van der Waals surface area (Å²) in [4.78, 5) is 22.4. The van der Waals surface area contributed by atoms with Crippen molar-refractivity contribution in [2.24, 2.45) is 5.92 Å². The molecule has 0 N–H and O–H groups in total. The van der Waals surface area contributed by atoms with E-state index in [1.54, 1.807) is 0 Å². The lowest BCUT2D eigenvalue weighted by Gasteiger charge is -2.19. The standard InChI is InChI=1S/C12H20O3/c1-12(2,3)15-11(14)7-5-9-4-6-10(13)8-9/h9H,4-8H2,1-3H3. The van der Waals surface area contributed by atoms with E-state index >= 15 is 0 Å². The summed E-state index contributed by atoms with van der Waals surface area (Å²) in [5.41, 5.74) is -0.400. The molecule has 0 spiro atoms. The second-order valence-electron chi connectivity index (χ2n) is 5.27. The molecule has 1 atom stereocenters. The summed E-state index contributed by atoms with van der Waals surface area (Å²) in [6.45, 7) is 5.60. The van der Waals surface area contributed by atoms with Gasteiger partial charge in [0.15, 0.2) is 0 Å². The highest BCUT2D eigenvalue weighted by Gasteiger charge is 2.23. The molecule has 0 heterocycles. The van der Waals surface area contributed by atoms with Crippen LogP contribution in [-0.4, -0.2) is 17.4 Å². The molecule has 0 aromatic heterocycles.